The molecule has 0 spiro atoms. The molecule has 0 heterocycles. The molecule has 3 N–H and O–H groups in total. The standard InChI is InChI=1S/C14H20N2O2/c1-5-9-16(14(2,3)4)13(18)10-7-6-8-11(15)12(10)17/h5-8,17H,1,9,15H2,2-4H3. The molecule has 0 atom stereocenters. The van der Waals surface area contributed by atoms with E-state index < -0.39 is 0 Å². The Balaban J connectivity index is 3.18. The van der Waals surface area contributed by atoms with E-state index in [4.69, 9.17) is 5.73 Å². The first-order valence-electron chi connectivity index (χ1n) is 5.79. The van der Waals surface area contributed by atoms with Crippen LogP contribution in [0.25, 0.3) is 0 Å². The smallest absolute Gasteiger partial charge is 0.258 e. The number of nitrogens with zero attached hydrogens (tertiary/aromatic N) is 1. The highest BCUT2D eigenvalue weighted by atomic mass is 16.3. The predicted octanol–water partition coefficient (Wildman–Crippen LogP) is 2.40. The van der Waals surface area contributed by atoms with Crippen LogP contribution < -0.4 is 5.73 Å². The summed E-state index contributed by atoms with van der Waals surface area (Å²) in [6.45, 7) is 9.85. The molecule has 0 aliphatic rings. The van der Waals surface area contributed by atoms with Gasteiger partial charge in [0.1, 0.15) is 0 Å². The lowest BCUT2D eigenvalue weighted by Crippen LogP contribution is -2.45. The second-order valence-electron chi connectivity index (χ2n) is 5.12. The summed E-state index contributed by atoms with van der Waals surface area (Å²) in [5, 5.41) is 9.85. The molecule has 4 heteroatoms. The summed E-state index contributed by atoms with van der Waals surface area (Å²) in [6, 6.07) is 4.77. The zero-order valence-corrected chi connectivity index (χ0v) is 11.1. The van der Waals surface area contributed by atoms with E-state index in [9.17, 15) is 9.90 Å². The topological polar surface area (TPSA) is 66.6 Å². The molecule has 0 aromatic heterocycles. The van der Waals surface area contributed by atoms with Crippen LogP contribution >= 0.6 is 0 Å². The molecule has 98 valence electrons. The number of phenols is 1. The van der Waals surface area contributed by atoms with E-state index in [0.29, 0.717) is 6.54 Å². The number of aromatic hydroxyl groups is 1. The molecule has 4 nitrogen and oxygen atoms in total. The molecule has 0 unspecified atom stereocenters. The van der Waals surface area contributed by atoms with Gasteiger partial charge in [-0.05, 0) is 32.9 Å². The Morgan fingerprint density at radius 1 is 1.50 bits per heavy atom. The number of amides is 1. The molecule has 0 saturated heterocycles. The van der Waals surface area contributed by atoms with Crippen LogP contribution in [-0.4, -0.2) is 28.0 Å². The molecule has 0 aliphatic carbocycles. The van der Waals surface area contributed by atoms with Gasteiger partial charge >= 0.3 is 0 Å². The summed E-state index contributed by atoms with van der Waals surface area (Å²) in [7, 11) is 0. The van der Waals surface area contributed by atoms with Crippen LogP contribution in [0.15, 0.2) is 30.9 Å². The third kappa shape index (κ3) is 2.83. The monoisotopic (exact) mass is 248 g/mol. The van der Waals surface area contributed by atoms with Crippen LogP contribution in [-0.2, 0) is 0 Å². The average Bonchev–Trinajstić information content (AvgIpc) is 2.27. The van der Waals surface area contributed by atoms with Gasteiger partial charge in [-0.1, -0.05) is 12.1 Å². The number of carbonyl (C=O) groups is 1. The number of phenolic OH excluding ortho intramolecular Hbond substituents is 1. The van der Waals surface area contributed by atoms with Gasteiger partial charge in [0.15, 0.2) is 5.75 Å². The number of hydrogen-bond acceptors (Lipinski definition) is 3. The molecule has 1 aromatic carbocycles. The Morgan fingerprint density at radius 2 is 2.11 bits per heavy atom. The molecule has 0 bridgehead atoms. The van der Waals surface area contributed by atoms with Crippen molar-refractivity contribution in [3.05, 3.63) is 36.4 Å². The summed E-state index contributed by atoms with van der Waals surface area (Å²) in [4.78, 5) is 14.1. The number of rotatable bonds is 3. The van der Waals surface area contributed by atoms with E-state index in [2.05, 4.69) is 6.58 Å². The Bertz CT molecular complexity index is 461. The van der Waals surface area contributed by atoms with Gasteiger partial charge in [0.05, 0.1) is 11.3 Å². The van der Waals surface area contributed by atoms with Gasteiger partial charge in [0.25, 0.3) is 5.91 Å². The fourth-order valence-electron chi connectivity index (χ4n) is 1.67. The Kier molecular flexibility index (Phi) is 4.01. The van der Waals surface area contributed by atoms with Gasteiger partial charge < -0.3 is 15.7 Å². The summed E-state index contributed by atoms with van der Waals surface area (Å²) in [5.41, 5.74) is 5.66. The van der Waals surface area contributed by atoms with Gasteiger partial charge in [-0.15, -0.1) is 6.58 Å². The van der Waals surface area contributed by atoms with Crippen molar-refractivity contribution in [2.45, 2.75) is 26.3 Å². The number of carbonyl (C=O) groups excluding carboxylic acids is 1. The van der Waals surface area contributed by atoms with E-state index in [-0.39, 0.29) is 28.4 Å². The third-order valence-electron chi connectivity index (χ3n) is 2.66. The van der Waals surface area contributed by atoms with Crippen molar-refractivity contribution in [1.82, 2.24) is 4.90 Å². The van der Waals surface area contributed by atoms with Crippen LogP contribution in [0.3, 0.4) is 0 Å². The van der Waals surface area contributed by atoms with Crippen molar-refractivity contribution >= 4 is 11.6 Å². The number of para-hydroxylation sites is 1. The highest BCUT2D eigenvalue weighted by molar-refractivity contribution is 5.98. The predicted molar refractivity (Wildman–Crippen MR) is 73.5 cm³/mol. The number of nitrogens with two attached hydrogens (primary N) is 1. The maximum atomic E-state index is 12.4. The minimum absolute atomic E-state index is 0.166. The lowest BCUT2D eigenvalue weighted by molar-refractivity contribution is 0.0614. The van der Waals surface area contributed by atoms with Crippen molar-refractivity contribution in [2.24, 2.45) is 0 Å². The SMILES string of the molecule is C=CCN(C(=O)c1cccc(N)c1O)C(C)(C)C. The fraction of sp³-hybridized carbons (Fsp3) is 0.357. The van der Waals surface area contributed by atoms with Crippen molar-refractivity contribution < 1.29 is 9.90 Å². The summed E-state index contributed by atoms with van der Waals surface area (Å²) in [5.74, 6) is -0.423. The summed E-state index contributed by atoms with van der Waals surface area (Å²) >= 11 is 0. The van der Waals surface area contributed by atoms with Crippen LogP contribution in [0.4, 0.5) is 5.69 Å². The number of anilines is 1. The van der Waals surface area contributed by atoms with Crippen LogP contribution in [0.2, 0.25) is 0 Å². The molecule has 18 heavy (non-hydrogen) atoms. The average molecular weight is 248 g/mol. The number of nitrogen functional groups attached to an aromatic ring is 1. The molecule has 1 rings (SSSR count). The molecule has 0 saturated carbocycles. The van der Waals surface area contributed by atoms with Gasteiger partial charge in [0.2, 0.25) is 0 Å². The third-order valence-corrected chi connectivity index (χ3v) is 2.66. The zero-order valence-electron chi connectivity index (χ0n) is 11.1. The van der Waals surface area contributed by atoms with Crippen molar-refractivity contribution in [2.75, 3.05) is 12.3 Å². The number of benzene rings is 1. The Labute approximate surface area is 108 Å². The largest absolute Gasteiger partial charge is 0.505 e. The maximum absolute atomic E-state index is 12.4. The van der Waals surface area contributed by atoms with Gasteiger partial charge in [0, 0.05) is 12.1 Å². The first-order valence-corrected chi connectivity index (χ1v) is 5.79. The quantitative estimate of drug-likeness (QED) is 0.490. The Hall–Kier alpha value is -1.97. The molecule has 0 aliphatic heterocycles. The van der Waals surface area contributed by atoms with E-state index in [1.807, 2.05) is 20.8 Å². The van der Waals surface area contributed by atoms with E-state index in [1.54, 1.807) is 29.2 Å². The highest BCUT2D eigenvalue weighted by Gasteiger charge is 2.28. The first-order chi connectivity index (χ1) is 8.29. The second-order valence-corrected chi connectivity index (χ2v) is 5.12. The van der Waals surface area contributed by atoms with E-state index >= 15 is 0 Å². The normalized spacial score (nSPS) is 11.1. The van der Waals surface area contributed by atoms with Crippen molar-refractivity contribution in [1.29, 1.82) is 0 Å². The maximum Gasteiger partial charge on any atom is 0.258 e. The number of hydrogen-bond donors (Lipinski definition) is 2. The lowest BCUT2D eigenvalue weighted by Gasteiger charge is -2.35. The second kappa shape index (κ2) is 5.12. The molecule has 1 amide bonds. The van der Waals surface area contributed by atoms with E-state index in [1.165, 1.54) is 0 Å². The molecular formula is C14H20N2O2. The van der Waals surface area contributed by atoms with Crippen molar-refractivity contribution in [3.8, 4) is 5.75 Å². The fourth-order valence-corrected chi connectivity index (χ4v) is 1.67. The lowest BCUT2D eigenvalue weighted by atomic mass is 10.0. The summed E-state index contributed by atoms with van der Waals surface area (Å²) < 4.78 is 0. The molecule has 0 fully saturated rings. The highest BCUT2D eigenvalue weighted by Crippen LogP contribution is 2.27. The zero-order chi connectivity index (χ0) is 13.9. The van der Waals surface area contributed by atoms with Crippen LogP contribution in [0.5, 0.6) is 5.75 Å². The summed E-state index contributed by atoms with van der Waals surface area (Å²) in [6.07, 6.45) is 1.66. The van der Waals surface area contributed by atoms with Gasteiger partial charge in [-0.3, -0.25) is 4.79 Å². The van der Waals surface area contributed by atoms with Crippen molar-refractivity contribution in [3.63, 3.8) is 0 Å². The first kappa shape index (κ1) is 14.1. The molecule has 1 aromatic rings. The molecular weight excluding hydrogens is 228 g/mol. The minimum atomic E-state index is -0.359. The van der Waals surface area contributed by atoms with E-state index in [0.717, 1.165) is 0 Å². The minimum Gasteiger partial charge on any atom is -0.505 e. The van der Waals surface area contributed by atoms with Crippen LogP contribution in [0, 0.1) is 0 Å². The Morgan fingerprint density at radius 3 is 2.61 bits per heavy atom. The molecule has 0 radical (unpaired) electrons. The van der Waals surface area contributed by atoms with Crippen LogP contribution in [0.1, 0.15) is 31.1 Å². The van der Waals surface area contributed by atoms with Gasteiger partial charge in [-0.25, -0.2) is 0 Å². The van der Waals surface area contributed by atoms with Gasteiger partial charge in [-0.2, -0.15) is 0 Å².